The van der Waals surface area contributed by atoms with Crippen molar-refractivity contribution in [1.29, 1.82) is 0 Å². The van der Waals surface area contributed by atoms with Crippen molar-refractivity contribution in [2.45, 2.75) is 6.61 Å². The lowest BCUT2D eigenvalue weighted by Crippen LogP contribution is -2.34. The molecule has 0 unspecified atom stereocenters. The normalized spacial score (nSPS) is 10.4. The summed E-state index contributed by atoms with van der Waals surface area (Å²) in [5.41, 5.74) is 0.511. The van der Waals surface area contributed by atoms with E-state index in [1.54, 1.807) is 42.6 Å². The number of nitrogens with one attached hydrogen (secondary N) is 2. The third-order valence-corrected chi connectivity index (χ3v) is 3.85. The van der Waals surface area contributed by atoms with Crippen molar-refractivity contribution in [2.24, 2.45) is 7.05 Å². The first-order valence-electron chi connectivity index (χ1n) is 8.42. The van der Waals surface area contributed by atoms with Gasteiger partial charge in [0.05, 0.1) is 6.26 Å². The van der Waals surface area contributed by atoms with Gasteiger partial charge in [0.15, 0.2) is 5.76 Å². The molecule has 0 saturated carbocycles. The highest BCUT2D eigenvalue weighted by atomic mass is 16.5. The molecule has 2 aromatic heterocycles. The minimum absolute atomic E-state index is 0.224. The Balaban J connectivity index is 1.40. The molecule has 1 aromatic carbocycles. The molecule has 0 atom stereocenters. The minimum atomic E-state index is -0.316. The monoisotopic (exact) mass is 368 g/mol. The molecule has 2 N–H and O–H groups in total. The second kappa shape index (κ2) is 8.70. The molecule has 0 aliphatic rings. The number of carbonyl (C=O) groups is 2. The Labute approximate surface area is 156 Å². The number of amides is 2. The second-order valence-electron chi connectivity index (χ2n) is 5.76. The van der Waals surface area contributed by atoms with Gasteiger partial charge in [-0.1, -0.05) is 0 Å². The summed E-state index contributed by atoms with van der Waals surface area (Å²) in [5, 5.41) is 5.40. The SMILES string of the molecule is Cn1ccnc1COc1ccc(C(=O)NCCNC(=O)c2ccco2)cc1. The van der Waals surface area contributed by atoms with Crippen LogP contribution in [0, 0.1) is 0 Å². The zero-order chi connectivity index (χ0) is 19.1. The van der Waals surface area contributed by atoms with Gasteiger partial charge in [-0.05, 0) is 36.4 Å². The first-order chi connectivity index (χ1) is 13.1. The van der Waals surface area contributed by atoms with Crippen LogP contribution in [0.15, 0.2) is 59.5 Å². The quantitative estimate of drug-likeness (QED) is 0.590. The van der Waals surface area contributed by atoms with E-state index in [-0.39, 0.29) is 17.6 Å². The molecule has 0 aliphatic heterocycles. The molecule has 0 saturated heterocycles. The predicted octanol–water partition coefficient (Wildman–Crippen LogP) is 1.75. The third-order valence-electron chi connectivity index (χ3n) is 3.85. The van der Waals surface area contributed by atoms with Crippen molar-refractivity contribution >= 4 is 11.8 Å². The van der Waals surface area contributed by atoms with Crippen LogP contribution < -0.4 is 15.4 Å². The molecule has 8 heteroatoms. The third kappa shape index (κ3) is 4.97. The standard InChI is InChI=1S/C19H20N4O4/c1-23-11-10-20-17(23)13-27-15-6-4-14(5-7-15)18(24)21-8-9-22-19(25)16-3-2-12-26-16/h2-7,10-12H,8-9,13H2,1H3,(H,21,24)(H,22,25). The summed E-state index contributed by atoms with van der Waals surface area (Å²) in [6.45, 7) is 0.962. The van der Waals surface area contributed by atoms with Gasteiger partial charge >= 0.3 is 0 Å². The molecular weight excluding hydrogens is 348 g/mol. The molecule has 2 amide bonds. The Hall–Kier alpha value is -3.55. The second-order valence-corrected chi connectivity index (χ2v) is 5.76. The Morgan fingerprint density at radius 2 is 1.85 bits per heavy atom. The van der Waals surface area contributed by atoms with Crippen LogP contribution in [0.25, 0.3) is 0 Å². The van der Waals surface area contributed by atoms with Gasteiger partial charge in [0.2, 0.25) is 0 Å². The van der Waals surface area contributed by atoms with E-state index in [1.807, 2.05) is 17.8 Å². The number of hydrogen-bond acceptors (Lipinski definition) is 5. The van der Waals surface area contributed by atoms with Crippen LogP contribution >= 0.6 is 0 Å². The Morgan fingerprint density at radius 3 is 2.48 bits per heavy atom. The van der Waals surface area contributed by atoms with Crippen molar-refractivity contribution in [3.8, 4) is 5.75 Å². The van der Waals surface area contributed by atoms with Crippen LogP contribution in [-0.2, 0) is 13.7 Å². The number of imidazole rings is 1. The summed E-state index contributed by atoms with van der Waals surface area (Å²) in [4.78, 5) is 28.0. The topological polar surface area (TPSA) is 98.4 Å². The van der Waals surface area contributed by atoms with E-state index in [1.165, 1.54) is 6.26 Å². The maximum absolute atomic E-state index is 12.1. The van der Waals surface area contributed by atoms with Crippen LogP contribution in [0.5, 0.6) is 5.75 Å². The Kier molecular flexibility index (Phi) is 5.88. The zero-order valence-corrected chi connectivity index (χ0v) is 14.8. The van der Waals surface area contributed by atoms with Crippen LogP contribution in [0.1, 0.15) is 26.7 Å². The highest BCUT2D eigenvalue weighted by Crippen LogP contribution is 2.13. The van der Waals surface area contributed by atoms with Gasteiger partial charge in [0, 0.05) is 38.1 Å². The summed E-state index contributed by atoms with van der Waals surface area (Å²) >= 11 is 0. The van der Waals surface area contributed by atoms with Crippen LogP contribution in [0.2, 0.25) is 0 Å². The minimum Gasteiger partial charge on any atom is -0.486 e. The molecule has 0 spiro atoms. The molecule has 8 nitrogen and oxygen atoms in total. The van der Waals surface area contributed by atoms with Crippen molar-refractivity contribution in [1.82, 2.24) is 20.2 Å². The molecule has 2 heterocycles. The van der Waals surface area contributed by atoms with E-state index in [2.05, 4.69) is 15.6 Å². The number of hydrogen-bond donors (Lipinski definition) is 2. The smallest absolute Gasteiger partial charge is 0.287 e. The maximum Gasteiger partial charge on any atom is 0.287 e. The first kappa shape index (κ1) is 18.2. The lowest BCUT2D eigenvalue weighted by atomic mass is 10.2. The Morgan fingerprint density at radius 1 is 1.11 bits per heavy atom. The Bertz CT molecular complexity index is 885. The van der Waals surface area contributed by atoms with Gasteiger partial charge in [0.1, 0.15) is 18.2 Å². The van der Waals surface area contributed by atoms with Crippen LogP contribution in [-0.4, -0.2) is 34.5 Å². The summed E-state index contributed by atoms with van der Waals surface area (Å²) in [7, 11) is 1.90. The number of furan rings is 1. The van der Waals surface area contributed by atoms with E-state index in [9.17, 15) is 9.59 Å². The van der Waals surface area contributed by atoms with E-state index < -0.39 is 0 Å². The fourth-order valence-corrected chi connectivity index (χ4v) is 2.33. The molecule has 27 heavy (non-hydrogen) atoms. The van der Waals surface area contributed by atoms with Gasteiger partial charge in [-0.3, -0.25) is 9.59 Å². The molecule has 3 rings (SSSR count). The predicted molar refractivity (Wildman–Crippen MR) is 97.4 cm³/mol. The maximum atomic E-state index is 12.1. The number of ether oxygens (including phenoxy) is 1. The van der Waals surface area contributed by atoms with Gasteiger partial charge in [-0.15, -0.1) is 0 Å². The molecule has 0 radical (unpaired) electrons. The number of aryl methyl sites for hydroxylation is 1. The van der Waals surface area contributed by atoms with Crippen molar-refractivity contribution < 1.29 is 18.7 Å². The van der Waals surface area contributed by atoms with Crippen molar-refractivity contribution in [2.75, 3.05) is 13.1 Å². The van der Waals surface area contributed by atoms with Gasteiger partial charge in [-0.25, -0.2) is 4.98 Å². The largest absolute Gasteiger partial charge is 0.486 e. The fraction of sp³-hybridized carbons (Fsp3) is 0.211. The molecule has 3 aromatic rings. The van der Waals surface area contributed by atoms with E-state index in [0.717, 1.165) is 5.82 Å². The van der Waals surface area contributed by atoms with Crippen LogP contribution in [0.3, 0.4) is 0 Å². The van der Waals surface area contributed by atoms with Gasteiger partial charge < -0.3 is 24.4 Å². The molecule has 140 valence electrons. The summed E-state index contributed by atoms with van der Waals surface area (Å²) in [6, 6.07) is 10.0. The lowest BCUT2D eigenvalue weighted by molar-refractivity contribution is 0.0910. The van der Waals surface area contributed by atoms with E-state index in [0.29, 0.717) is 31.0 Å². The van der Waals surface area contributed by atoms with Gasteiger partial charge in [0.25, 0.3) is 11.8 Å². The van der Waals surface area contributed by atoms with Crippen molar-refractivity contribution in [3.05, 3.63) is 72.2 Å². The van der Waals surface area contributed by atoms with E-state index in [4.69, 9.17) is 9.15 Å². The highest BCUT2D eigenvalue weighted by molar-refractivity contribution is 5.94. The van der Waals surface area contributed by atoms with E-state index >= 15 is 0 Å². The fourth-order valence-electron chi connectivity index (χ4n) is 2.33. The molecule has 0 fully saturated rings. The van der Waals surface area contributed by atoms with Crippen molar-refractivity contribution in [3.63, 3.8) is 0 Å². The molecule has 0 bridgehead atoms. The molecule has 0 aliphatic carbocycles. The number of rotatable bonds is 8. The number of carbonyl (C=O) groups excluding carboxylic acids is 2. The molecular formula is C19H20N4O4. The zero-order valence-electron chi connectivity index (χ0n) is 14.8. The number of aromatic nitrogens is 2. The highest BCUT2D eigenvalue weighted by Gasteiger charge is 2.09. The van der Waals surface area contributed by atoms with Crippen LogP contribution in [0.4, 0.5) is 0 Å². The first-order valence-corrected chi connectivity index (χ1v) is 8.42. The average molecular weight is 368 g/mol. The summed E-state index contributed by atoms with van der Waals surface area (Å²) < 4.78 is 12.5. The van der Waals surface area contributed by atoms with Gasteiger partial charge in [-0.2, -0.15) is 0 Å². The number of benzene rings is 1. The summed E-state index contributed by atoms with van der Waals surface area (Å²) in [5.74, 6) is 1.16. The summed E-state index contributed by atoms with van der Waals surface area (Å²) in [6.07, 6.45) is 4.99. The lowest BCUT2D eigenvalue weighted by Gasteiger charge is -2.08. The average Bonchev–Trinajstić information content (AvgIpc) is 3.35. The number of nitrogens with zero attached hydrogens (tertiary/aromatic N) is 2.